The zero-order valence-electron chi connectivity index (χ0n) is 8.31. The number of hydrogen-bond acceptors (Lipinski definition) is 2. The van der Waals surface area contributed by atoms with Crippen LogP contribution in [0.15, 0.2) is 0 Å². The Hall–Kier alpha value is 2.03. The molecule has 0 heterocycles. The molecule has 11 heavy (non-hydrogen) atoms. The Kier molecular flexibility index (Phi) is 60.3. The molecule has 0 aliphatic rings. The Bertz CT molecular complexity index is 89.1. The molecule has 4 N–H and O–H groups in total. The van der Waals surface area contributed by atoms with Crippen molar-refractivity contribution in [3.05, 3.63) is 0 Å². The van der Waals surface area contributed by atoms with Gasteiger partial charge in [0.2, 0.25) is 0 Å². The normalized spacial score (nSPS) is 4.36. The predicted octanol–water partition coefficient (Wildman–Crippen LogP) is -7.45. The summed E-state index contributed by atoms with van der Waals surface area (Å²) < 4.78 is 17.5. The van der Waals surface area contributed by atoms with Crippen LogP contribution in [0.3, 0.4) is 0 Å². The first-order valence-corrected chi connectivity index (χ1v) is 3.91. The Morgan fingerprint density at radius 3 is 0.909 bits per heavy atom. The molecule has 0 rings (SSSR count). The van der Waals surface area contributed by atoms with Crippen molar-refractivity contribution < 1.29 is 61.9 Å². The Balaban J connectivity index is -0.00000000600. The van der Waals surface area contributed by atoms with Crippen molar-refractivity contribution in [2.45, 2.75) is 0 Å². The maximum Gasteiger partial charge on any atom is 2.00 e. The number of hydrogen-bond donors (Lipinski definition) is 4. The molecule has 0 saturated heterocycles. The second-order valence-corrected chi connectivity index (χ2v) is 1.70. The molecular formula is H10AlCaNaO6Si2. The van der Waals surface area contributed by atoms with Gasteiger partial charge in [-0.1, -0.05) is 0 Å². The fourth-order valence-corrected chi connectivity index (χ4v) is 0. The molecule has 0 spiro atoms. The molecule has 0 atom stereocenters. The van der Waals surface area contributed by atoms with Gasteiger partial charge in [-0.25, -0.2) is 0 Å². The molecule has 0 saturated carbocycles. The van der Waals surface area contributed by atoms with Crippen molar-refractivity contribution in [2.24, 2.45) is 0 Å². The van der Waals surface area contributed by atoms with Crippen LogP contribution >= 0.6 is 0 Å². The van der Waals surface area contributed by atoms with E-state index in [4.69, 9.17) is 28.1 Å². The molecule has 0 aliphatic heterocycles. The van der Waals surface area contributed by atoms with Crippen molar-refractivity contribution in [3.8, 4) is 0 Å². The average molecular weight is 252 g/mol. The third kappa shape index (κ3) is 295. The van der Waals surface area contributed by atoms with Crippen LogP contribution in [-0.4, -0.2) is 92.6 Å². The van der Waals surface area contributed by atoms with E-state index >= 15 is 0 Å². The van der Waals surface area contributed by atoms with Crippen LogP contribution in [0.4, 0.5) is 0 Å². The van der Waals surface area contributed by atoms with Gasteiger partial charge in [0.05, 0.1) is 0 Å². The van der Waals surface area contributed by atoms with Gasteiger partial charge >= 0.3 is 85.6 Å². The molecule has 0 fully saturated rings. The van der Waals surface area contributed by atoms with Gasteiger partial charge < -0.3 is 23.5 Å². The summed E-state index contributed by atoms with van der Waals surface area (Å²) in [6.45, 7) is 0. The topological polar surface area (TPSA) is 115 Å². The average Bonchev–Trinajstić information content (AvgIpc) is 1.25. The predicted molar refractivity (Wildman–Crippen MR) is 40.8 cm³/mol. The van der Waals surface area contributed by atoms with Crippen molar-refractivity contribution >= 4 is 73.4 Å². The molecular weight excluding hydrogens is 242 g/mol. The third-order valence-corrected chi connectivity index (χ3v) is 0. The van der Waals surface area contributed by atoms with E-state index in [0.29, 0.717) is 0 Å². The minimum atomic E-state index is -3.13. The zero-order chi connectivity index (χ0) is 7.15. The van der Waals surface area contributed by atoms with E-state index in [1.807, 2.05) is 0 Å². The first-order chi connectivity index (χ1) is 3.46. The molecule has 11 heteroatoms. The fraction of sp³-hybridized carbons (Fsp3) is 0. The second-order valence-electron chi connectivity index (χ2n) is 0.565. The first kappa shape index (κ1) is 29.2. The Labute approximate surface area is 133 Å². The monoisotopic (exact) mass is 252 g/mol. The summed E-state index contributed by atoms with van der Waals surface area (Å²) in [5.41, 5.74) is 0. The standard InChI is InChI=1S/Al.Ca.Na.2H2O3Si.6H/c;;;2*1-4(2)3;;;;;;/h;;;2*1-2H;;;;;;/q;+2;+1;;;;;;3*-1. The van der Waals surface area contributed by atoms with Crippen LogP contribution in [0.5, 0.6) is 0 Å². The summed E-state index contributed by atoms with van der Waals surface area (Å²) in [4.78, 5) is 28.6. The maximum absolute atomic E-state index is 8.74. The smallest absolute Gasteiger partial charge is 1.00 e. The second kappa shape index (κ2) is 22.7. The van der Waals surface area contributed by atoms with Crippen LogP contribution in [0.2, 0.25) is 0 Å². The van der Waals surface area contributed by atoms with Crippen LogP contribution < -0.4 is 29.6 Å². The third-order valence-electron chi connectivity index (χ3n) is 0. The van der Waals surface area contributed by atoms with Crippen molar-refractivity contribution in [1.82, 2.24) is 0 Å². The minimum Gasteiger partial charge on any atom is -1.00 e. The summed E-state index contributed by atoms with van der Waals surface area (Å²) in [7, 11) is -6.26. The van der Waals surface area contributed by atoms with E-state index in [-0.39, 0.29) is 88.9 Å². The van der Waals surface area contributed by atoms with Crippen LogP contribution in [-0.2, 0) is 8.92 Å². The SMILES string of the molecule is O=[Si](O)O.O=[Si](O)O.[AlH3].[Ca+2].[H-].[H-].[H-].[Na+]. The van der Waals surface area contributed by atoms with Crippen LogP contribution in [0.25, 0.3) is 0 Å². The summed E-state index contributed by atoms with van der Waals surface area (Å²) in [5, 5.41) is 0. The molecule has 0 bridgehead atoms. The Morgan fingerprint density at radius 2 is 0.909 bits per heavy atom. The molecule has 6 nitrogen and oxygen atoms in total. The van der Waals surface area contributed by atoms with Gasteiger partial charge in [-0.3, -0.25) is 8.92 Å². The molecule has 0 aliphatic carbocycles. The summed E-state index contributed by atoms with van der Waals surface area (Å²) in [6.07, 6.45) is 0. The first-order valence-electron chi connectivity index (χ1n) is 1.30. The van der Waals surface area contributed by atoms with Crippen molar-refractivity contribution in [2.75, 3.05) is 0 Å². The minimum absolute atomic E-state index is 0. The van der Waals surface area contributed by atoms with E-state index < -0.39 is 18.3 Å². The van der Waals surface area contributed by atoms with Gasteiger partial charge in [-0.15, -0.1) is 0 Å². The quantitative estimate of drug-likeness (QED) is 0.318. The Morgan fingerprint density at radius 1 is 0.909 bits per heavy atom. The van der Waals surface area contributed by atoms with Crippen LogP contribution in [0.1, 0.15) is 4.28 Å². The van der Waals surface area contributed by atoms with Gasteiger partial charge in [-0.05, 0) is 0 Å². The fourth-order valence-electron chi connectivity index (χ4n) is 0. The van der Waals surface area contributed by atoms with E-state index in [9.17, 15) is 0 Å². The number of rotatable bonds is 0. The molecule has 0 aromatic carbocycles. The maximum atomic E-state index is 8.74. The van der Waals surface area contributed by atoms with E-state index in [0.717, 1.165) is 0 Å². The molecule has 0 aromatic heterocycles. The van der Waals surface area contributed by atoms with E-state index in [1.165, 1.54) is 0 Å². The van der Waals surface area contributed by atoms with Gasteiger partial charge in [0, 0.05) is 0 Å². The summed E-state index contributed by atoms with van der Waals surface area (Å²) >= 11 is 0. The molecule has 0 radical (unpaired) electrons. The molecule has 0 unspecified atom stereocenters. The summed E-state index contributed by atoms with van der Waals surface area (Å²) in [6, 6.07) is 0. The molecule has 0 aromatic rings. The van der Waals surface area contributed by atoms with Crippen molar-refractivity contribution in [3.63, 3.8) is 0 Å². The summed E-state index contributed by atoms with van der Waals surface area (Å²) in [5.74, 6) is 0. The molecule has 0 amide bonds. The zero-order valence-corrected chi connectivity index (χ0v) is 11.5. The van der Waals surface area contributed by atoms with E-state index in [2.05, 4.69) is 0 Å². The van der Waals surface area contributed by atoms with Gasteiger partial charge in [-0.2, -0.15) is 0 Å². The van der Waals surface area contributed by atoms with Crippen molar-refractivity contribution in [1.29, 1.82) is 0 Å². The van der Waals surface area contributed by atoms with Gasteiger partial charge in [0.25, 0.3) is 0 Å². The molecule has 60 valence electrons. The van der Waals surface area contributed by atoms with Gasteiger partial charge in [0.15, 0.2) is 17.4 Å². The van der Waals surface area contributed by atoms with Crippen LogP contribution in [0, 0.1) is 0 Å². The van der Waals surface area contributed by atoms with E-state index in [1.54, 1.807) is 0 Å². The van der Waals surface area contributed by atoms with Gasteiger partial charge in [0.1, 0.15) is 0 Å². The largest absolute Gasteiger partial charge is 2.00 e.